The molecule has 86 valence electrons. The summed E-state index contributed by atoms with van der Waals surface area (Å²) in [6.45, 7) is 2.72. The summed E-state index contributed by atoms with van der Waals surface area (Å²) >= 11 is 0. The summed E-state index contributed by atoms with van der Waals surface area (Å²) in [4.78, 5) is 21.6. The van der Waals surface area contributed by atoms with Crippen LogP contribution in [0.4, 0.5) is 0 Å². The van der Waals surface area contributed by atoms with E-state index in [0.29, 0.717) is 6.54 Å². The van der Waals surface area contributed by atoms with Gasteiger partial charge in [-0.05, 0) is 6.42 Å². The summed E-state index contributed by atoms with van der Waals surface area (Å²) in [5.74, 6) is -1.37. The average molecular weight is 215 g/mol. The Morgan fingerprint density at radius 1 is 1.27 bits per heavy atom. The van der Waals surface area contributed by atoms with Crippen LogP contribution in [0.3, 0.4) is 0 Å². The van der Waals surface area contributed by atoms with E-state index in [1.54, 1.807) is 0 Å². The minimum Gasteiger partial charge on any atom is -0.479 e. The van der Waals surface area contributed by atoms with E-state index in [1.807, 2.05) is 0 Å². The quantitative estimate of drug-likeness (QED) is 0.479. The number of unbranched alkanes of at least 4 members (excludes halogenated alkanes) is 3. The topological polar surface area (TPSA) is 78.9 Å². The molecule has 5 heteroatoms. The summed E-state index contributed by atoms with van der Waals surface area (Å²) in [5, 5.41) is 11.2. The van der Waals surface area contributed by atoms with Gasteiger partial charge in [0, 0.05) is 6.54 Å². The van der Waals surface area contributed by atoms with Crippen molar-refractivity contribution in [2.45, 2.75) is 44.8 Å². The Morgan fingerprint density at radius 2 is 2.00 bits per heavy atom. The molecule has 1 aliphatic heterocycles. The van der Waals surface area contributed by atoms with E-state index >= 15 is 0 Å². The highest BCUT2D eigenvalue weighted by Gasteiger charge is 2.50. The molecule has 1 heterocycles. The van der Waals surface area contributed by atoms with E-state index in [-0.39, 0.29) is 5.91 Å². The van der Waals surface area contributed by atoms with Crippen LogP contribution in [0.5, 0.6) is 0 Å². The zero-order chi connectivity index (χ0) is 11.3. The second kappa shape index (κ2) is 5.70. The Hall–Kier alpha value is -1.10. The number of carbonyl (C=O) groups is 2. The normalized spacial score (nSPS) is 23.5. The molecule has 2 unspecified atom stereocenters. The van der Waals surface area contributed by atoms with E-state index in [0.717, 1.165) is 25.7 Å². The minimum atomic E-state index is -1.07. The van der Waals surface area contributed by atoms with Gasteiger partial charge in [-0.3, -0.25) is 4.79 Å². The second-order valence-corrected chi connectivity index (χ2v) is 3.67. The molecule has 1 aliphatic rings. The minimum absolute atomic E-state index is 0.307. The van der Waals surface area contributed by atoms with Gasteiger partial charge in [-0.25, -0.2) is 4.79 Å². The van der Waals surface area contributed by atoms with E-state index in [1.165, 1.54) is 0 Å². The van der Waals surface area contributed by atoms with Crippen molar-refractivity contribution in [1.29, 1.82) is 0 Å². The smallest absolute Gasteiger partial charge is 0.336 e. The summed E-state index contributed by atoms with van der Waals surface area (Å²) in [7, 11) is 0. The van der Waals surface area contributed by atoms with Crippen LogP contribution in [0.25, 0.3) is 0 Å². The number of nitrogens with one attached hydrogen (secondary N) is 1. The SMILES string of the molecule is CCCCCCNC(=O)C1OC1C(=O)O. The highest BCUT2D eigenvalue weighted by Crippen LogP contribution is 2.21. The third kappa shape index (κ3) is 3.87. The van der Waals surface area contributed by atoms with Crippen LogP contribution in [0.1, 0.15) is 32.6 Å². The molecule has 2 N–H and O–H groups in total. The lowest BCUT2D eigenvalue weighted by Gasteiger charge is -2.01. The molecule has 0 bridgehead atoms. The first-order chi connectivity index (χ1) is 7.16. The number of hydrogen-bond acceptors (Lipinski definition) is 3. The number of rotatable bonds is 7. The summed E-state index contributed by atoms with van der Waals surface area (Å²) in [6.07, 6.45) is 2.64. The first kappa shape index (κ1) is 12.0. The third-order valence-corrected chi connectivity index (χ3v) is 2.32. The summed E-state index contributed by atoms with van der Waals surface area (Å²) in [5.41, 5.74) is 0. The van der Waals surface area contributed by atoms with Crippen molar-refractivity contribution in [2.24, 2.45) is 0 Å². The molecule has 0 spiro atoms. The van der Waals surface area contributed by atoms with E-state index in [4.69, 9.17) is 9.84 Å². The van der Waals surface area contributed by atoms with Gasteiger partial charge in [-0.2, -0.15) is 0 Å². The molecule has 0 radical (unpaired) electrons. The van der Waals surface area contributed by atoms with Crippen molar-refractivity contribution in [3.63, 3.8) is 0 Å². The van der Waals surface area contributed by atoms with Crippen LogP contribution in [-0.4, -0.2) is 35.7 Å². The van der Waals surface area contributed by atoms with Gasteiger partial charge >= 0.3 is 5.97 Å². The fourth-order valence-electron chi connectivity index (χ4n) is 1.36. The lowest BCUT2D eigenvalue weighted by atomic mass is 10.2. The molecule has 1 amide bonds. The fourth-order valence-corrected chi connectivity index (χ4v) is 1.36. The van der Waals surface area contributed by atoms with Crippen molar-refractivity contribution in [1.82, 2.24) is 5.32 Å². The maximum atomic E-state index is 11.3. The predicted octanol–water partition coefficient (Wildman–Crippen LogP) is 0.535. The Morgan fingerprint density at radius 3 is 2.53 bits per heavy atom. The number of hydrogen-bond donors (Lipinski definition) is 2. The van der Waals surface area contributed by atoms with Crippen molar-refractivity contribution < 1.29 is 19.4 Å². The van der Waals surface area contributed by atoms with Crippen molar-refractivity contribution >= 4 is 11.9 Å². The van der Waals surface area contributed by atoms with E-state index in [2.05, 4.69) is 12.2 Å². The summed E-state index contributed by atoms with van der Waals surface area (Å²) in [6, 6.07) is 0. The first-order valence-electron chi connectivity index (χ1n) is 5.32. The van der Waals surface area contributed by atoms with Gasteiger partial charge in [0.25, 0.3) is 5.91 Å². The number of carboxylic acids is 1. The van der Waals surface area contributed by atoms with Gasteiger partial charge in [-0.1, -0.05) is 26.2 Å². The number of carbonyl (C=O) groups excluding carboxylic acids is 1. The highest BCUT2D eigenvalue weighted by atomic mass is 16.6. The zero-order valence-corrected chi connectivity index (χ0v) is 8.86. The standard InChI is InChI=1S/C10H17NO4/c1-2-3-4-5-6-11-9(12)7-8(15-7)10(13)14/h7-8H,2-6H2,1H3,(H,11,12)(H,13,14). The molecule has 1 fully saturated rings. The van der Waals surface area contributed by atoms with E-state index < -0.39 is 18.2 Å². The predicted molar refractivity (Wildman–Crippen MR) is 53.4 cm³/mol. The van der Waals surface area contributed by atoms with Gasteiger partial charge in [0.2, 0.25) is 0 Å². The van der Waals surface area contributed by atoms with Crippen LogP contribution in [0, 0.1) is 0 Å². The monoisotopic (exact) mass is 215 g/mol. The maximum Gasteiger partial charge on any atom is 0.336 e. The molecular formula is C10H17NO4. The van der Waals surface area contributed by atoms with Gasteiger partial charge in [0.1, 0.15) is 0 Å². The fraction of sp³-hybridized carbons (Fsp3) is 0.800. The Balaban J connectivity index is 2.03. The van der Waals surface area contributed by atoms with Crippen LogP contribution >= 0.6 is 0 Å². The second-order valence-electron chi connectivity index (χ2n) is 3.67. The van der Waals surface area contributed by atoms with Gasteiger partial charge in [-0.15, -0.1) is 0 Å². The Bertz CT molecular complexity index is 242. The molecule has 0 aromatic rings. The lowest BCUT2D eigenvalue weighted by molar-refractivity contribution is -0.138. The average Bonchev–Trinajstić information content (AvgIpc) is 2.96. The molecule has 2 atom stereocenters. The molecule has 0 aromatic heterocycles. The Kier molecular flexibility index (Phi) is 4.55. The van der Waals surface area contributed by atoms with Crippen LogP contribution < -0.4 is 5.32 Å². The third-order valence-electron chi connectivity index (χ3n) is 2.32. The molecule has 0 aliphatic carbocycles. The number of epoxide rings is 1. The number of aliphatic carboxylic acids is 1. The van der Waals surface area contributed by atoms with Crippen molar-refractivity contribution in [3.05, 3.63) is 0 Å². The molecule has 1 rings (SSSR count). The van der Waals surface area contributed by atoms with Gasteiger partial charge in [0.05, 0.1) is 0 Å². The Labute approximate surface area is 88.8 Å². The molecule has 0 saturated carbocycles. The lowest BCUT2D eigenvalue weighted by Crippen LogP contribution is -2.31. The van der Waals surface area contributed by atoms with Crippen molar-refractivity contribution in [3.8, 4) is 0 Å². The van der Waals surface area contributed by atoms with Gasteiger partial charge < -0.3 is 15.2 Å². The van der Waals surface area contributed by atoms with Crippen LogP contribution in [0.15, 0.2) is 0 Å². The van der Waals surface area contributed by atoms with E-state index in [9.17, 15) is 9.59 Å². The maximum absolute atomic E-state index is 11.3. The van der Waals surface area contributed by atoms with Crippen LogP contribution in [0.2, 0.25) is 0 Å². The molecule has 15 heavy (non-hydrogen) atoms. The highest BCUT2D eigenvalue weighted by molar-refractivity contribution is 5.91. The number of ether oxygens (including phenoxy) is 1. The number of carboxylic acid groups (broad SMARTS) is 1. The number of amides is 1. The summed E-state index contributed by atoms with van der Waals surface area (Å²) < 4.78 is 4.71. The van der Waals surface area contributed by atoms with Crippen molar-refractivity contribution in [2.75, 3.05) is 6.54 Å². The van der Waals surface area contributed by atoms with Crippen LogP contribution in [-0.2, 0) is 14.3 Å². The molecule has 0 aromatic carbocycles. The molecule has 1 saturated heterocycles. The first-order valence-corrected chi connectivity index (χ1v) is 5.32. The molecule has 5 nitrogen and oxygen atoms in total. The zero-order valence-electron chi connectivity index (χ0n) is 8.86. The van der Waals surface area contributed by atoms with Gasteiger partial charge in [0.15, 0.2) is 12.2 Å². The largest absolute Gasteiger partial charge is 0.479 e. The molecular weight excluding hydrogens is 198 g/mol.